The number of ketones is 1. The summed E-state index contributed by atoms with van der Waals surface area (Å²) in [5, 5.41) is 8.39. The molecule has 0 aliphatic carbocycles. The molecule has 0 saturated carbocycles. The van der Waals surface area contributed by atoms with Gasteiger partial charge in [0.15, 0.2) is 5.78 Å². The molecule has 0 radical (unpaired) electrons. The third-order valence-corrected chi connectivity index (χ3v) is 2.42. The van der Waals surface area contributed by atoms with Gasteiger partial charge in [-0.05, 0) is 25.2 Å². The summed E-state index contributed by atoms with van der Waals surface area (Å²) in [6.45, 7) is 5.82. The average molecular weight is 196 g/mol. The van der Waals surface area contributed by atoms with Crippen LogP contribution < -0.4 is 0 Å². The Labute approximate surface area is 86.3 Å². The van der Waals surface area contributed by atoms with Gasteiger partial charge >= 0.3 is 0 Å². The summed E-state index contributed by atoms with van der Waals surface area (Å²) in [7, 11) is 0. The third-order valence-electron chi connectivity index (χ3n) is 2.42. The number of hydrogen-bond acceptors (Lipinski definition) is 2. The van der Waals surface area contributed by atoms with Crippen LogP contribution in [0.2, 0.25) is 0 Å². The minimum atomic E-state index is 0.00422. The summed E-state index contributed by atoms with van der Waals surface area (Å²) in [5.41, 5.74) is 0. The van der Waals surface area contributed by atoms with Crippen molar-refractivity contribution in [3.05, 3.63) is 25.0 Å². The molecule has 0 aromatic rings. The summed E-state index contributed by atoms with van der Waals surface area (Å²) in [6, 6.07) is 0. The molecule has 0 aliphatic heterocycles. The van der Waals surface area contributed by atoms with Gasteiger partial charge in [0.1, 0.15) is 0 Å². The topological polar surface area (TPSA) is 37.3 Å². The highest BCUT2D eigenvalue weighted by atomic mass is 16.2. The predicted octanol–water partition coefficient (Wildman–Crippen LogP) is 3.40. The lowest BCUT2D eigenvalue weighted by Gasteiger charge is -2.11. The van der Waals surface area contributed by atoms with Crippen LogP contribution in [0.25, 0.3) is 0 Å². The molecule has 0 heterocycles. The second kappa shape index (κ2) is 8.54. The van der Waals surface area contributed by atoms with Gasteiger partial charge in [-0.2, -0.15) is 0 Å². The lowest BCUT2D eigenvalue weighted by Crippen LogP contribution is -2.02. The second-order valence-corrected chi connectivity index (χ2v) is 3.46. The van der Waals surface area contributed by atoms with Crippen LogP contribution in [0.15, 0.2) is 25.0 Å². The summed E-state index contributed by atoms with van der Waals surface area (Å²) >= 11 is 0. The van der Waals surface area contributed by atoms with E-state index in [2.05, 4.69) is 13.5 Å². The molecule has 0 spiro atoms. The van der Waals surface area contributed by atoms with E-state index in [0.717, 1.165) is 31.9 Å². The Bertz CT molecular complexity index is 194. The number of aliphatic hydroxyl groups is 1. The first kappa shape index (κ1) is 12.9. The summed E-state index contributed by atoms with van der Waals surface area (Å²) in [6.07, 6.45) is 8.62. The summed E-state index contributed by atoms with van der Waals surface area (Å²) < 4.78 is 0. The van der Waals surface area contributed by atoms with Crippen molar-refractivity contribution in [1.29, 1.82) is 0 Å². The molecule has 0 amide bonds. The fourth-order valence-corrected chi connectivity index (χ4v) is 1.42. The van der Waals surface area contributed by atoms with Gasteiger partial charge in [0.25, 0.3) is 0 Å². The minimum Gasteiger partial charge on any atom is -0.515 e. The van der Waals surface area contributed by atoms with E-state index >= 15 is 0 Å². The molecule has 2 heteroatoms. The Morgan fingerprint density at radius 1 is 1.50 bits per heavy atom. The number of hydrogen-bond donors (Lipinski definition) is 1. The molecule has 0 bridgehead atoms. The summed E-state index contributed by atoms with van der Waals surface area (Å²) in [4.78, 5) is 11.1. The number of allylic oxidation sites excluding steroid dienone is 2. The van der Waals surface area contributed by atoms with E-state index in [-0.39, 0.29) is 5.78 Å². The molecule has 0 rings (SSSR count). The molecular weight excluding hydrogens is 176 g/mol. The fraction of sp³-hybridized carbons (Fsp3) is 0.583. The second-order valence-electron chi connectivity index (χ2n) is 3.46. The predicted molar refractivity (Wildman–Crippen MR) is 59.2 cm³/mol. The van der Waals surface area contributed by atoms with Crippen molar-refractivity contribution in [2.45, 2.75) is 39.0 Å². The van der Waals surface area contributed by atoms with E-state index in [1.807, 2.05) is 6.08 Å². The molecule has 0 aromatic carbocycles. The van der Waals surface area contributed by atoms with Crippen molar-refractivity contribution in [2.24, 2.45) is 5.92 Å². The molecule has 0 aliphatic rings. The van der Waals surface area contributed by atoms with Crippen LogP contribution in [0.1, 0.15) is 39.0 Å². The normalized spacial score (nSPS) is 12.9. The van der Waals surface area contributed by atoms with Crippen LogP contribution in [0.5, 0.6) is 0 Å². The average Bonchev–Trinajstić information content (AvgIpc) is 2.19. The first-order valence-corrected chi connectivity index (χ1v) is 5.19. The van der Waals surface area contributed by atoms with Gasteiger partial charge in [-0.3, -0.25) is 4.79 Å². The van der Waals surface area contributed by atoms with Gasteiger partial charge in [-0.25, -0.2) is 0 Å². The highest BCUT2D eigenvalue weighted by molar-refractivity contribution is 5.89. The Kier molecular flexibility index (Phi) is 7.90. The molecule has 1 unspecified atom stereocenters. The van der Waals surface area contributed by atoms with Crippen molar-refractivity contribution in [3.8, 4) is 0 Å². The van der Waals surface area contributed by atoms with Crippen molar-refractivity contribution in [3.63, 3.8) is 0 Å². The van der Waals surface area contributed by atoms with E-state index in [1.54, 1.807) is 0 Å². The number of aliphatic hydroxyl groups excluding tert-OH is 1. The van der Waals surface area contributed by atoms with Crippen LogP contribution in [0.3, 0.4) is 0 Å². The van der Waals surface area contributed by atoms with Gasteiger partial charge in [-0.15, -0.1) is 6.58 Å². The first-order valence-electron chi connectivity index (χ1n) is 5.19. The van der Waals surface area contributed by atoms with Crippen molar-refractivity contribution < 1.29 is 9.90 Å². The largest absolute Gasteiger partial charge is 0.515 e. The maximum atomic E-state index is 11.1. The highest BCUT2D eigenvalue weighted by Gasteiger charge is 2.07. The first-order chi connectivity index (χ1) is 6.74. The molecule has 80 valence electrons. The van der Waals surface area contributed by atoms with Crippen LogP contribution >= 0.6 is 0 Å². The van der Waals surface area contributed by atoms with Gasteiger partial charge in [0.2, 0.25) is 0 Å². The zero-order chi connectivity index (χ0) is 10.8. The third kappa shape index (κ3) is 6.46. The summed E-state index contributed by atoms with van der Waals surface area (Å²) in [5.74, 6) is 0.605. The van der Waals surface area contributed by atoms with E-state index in [1.165, 1.54) is 6.08 Å². The van der Waals surface area contributed by atoms with E-state index < -0.39 is 0 Å². The number of carbonyl (C=O) groups excluding carboxylic acids is 1. The molecule has 14 heavy (non-hydrogen) atoms. The molecular formula is C12H20O2. The zero-order valence-electron chi connectivity index (χ0n) is 8.91. The highest BCUT2D eigenvalue weighted by Crippen LogP contribution is 2.17. The van der Waals surface area contributed by atoms with Crippen molar-refractivity contribution in [1.82, 2.24) is 0 Å². The van der Waals surface area contributed by atoms with E-state index in [0.29, 0.717) is 12.3 Å². The molecule has 0 saturated heterocycles. The Balaban J connectivity index is 3.71. The van der Waals surface area contributed by atoms with Crippen LogP contribution in [0, 0.1) is 5.92 Å². The molecule has 1 atom stereocenters. The Morgan fingerprint density at radius 2 is 2.21 bits per heavy atom. The van der Waals surface area contributed by atoms with E-state index in [4.69, 9.17) is 5.11 Å². The Hall–Kier alpha value is -1.05. The van der Waals surface area contributed by atoms with Crippen LogP contribution in [-0.4, -0.2) is 10.9 Å². The monoisotopic (exact) mass is 196 g/mol. The minimum absolute atomic E-state index is 0.00422. The standard InChI is InChI=1S/C12H20O2/c1-3-5-6-11(4-2)7-8-12(14)9-10-13/h3,9-11,13H,1,4-8H2,2H3. The van der Waals surface area contributed by atoms with Gasteiger partial charge in [0, 0.05) is 12.5 Å². The fourth-order valence-electron chi connectivity index (χ4n) is 1.42. The maximum Gasteiger partial charge on any atom is 0.158 e. The Morgan fingerprint density at radius 3 is 2.71 bits per heavy atom. The maximum absolute atomic E-state index is 11.1. The van der Waals surface area contributed by atoms with Crippen molar-refractivity contribution >= 4 is 5.78 Å². The SMILES string of the molecule is C=CCCC(CC)CCC(=O)C=CO. The lowest BCUT2D eigenvalue weighted by molar-refractivity contribution is -0.115. The zero-order valence-corrected chi connectivity index (χ0v) is 8.91. The number of rotatable bonds is 8. The van der Waals surface area contributed by atoms with E-state index in [9.17, 15) is 4.79 Å². The smallest absolute Gasteiger partial charge is 0.158 e. The molecule has 1 N–H and O–H groups in total. The van der Waals surface area contributed by atoms with Crippen LogP contribution in [-0.2, 0) is 4.79 Å². The van der Waals surface area contributed by atoms with Gasteiger partial charge in [0.05, 0.1) is 6.26 Å². The number of carbonyl (C=O) groups is 1. The lowest BCUT2D eigenvalue weighted by atomic mass is 9.94. The molecule has 0 fully saturated rings. The van der Waals surface area contributed by atoms with Gasteiger partial charge in [-0.1, -0.05) is 19.4 Å². The molecule has 2 nitrogen and oxygen atoms in total. The quantitative estimate of drug-likeness (QED) is 0.367. The van der Waals surface area contributed by atoms with Gasteiger partial charge < -0.3 is 5.11 Å². The van der Waals surface area contributed by atoms with Crippen LogP contribution in [0.4, 0.5) is 0 Å². The van der Waals surface area contributed by atoms with Crippen molar-refractivity contribution in [2.75, 3.05) is 0 Å². The molecule has 0 aromatic heterocycles.